The van der Waals surface area contributed by atoms with Gasteiger partial charge in [-0.3, -0.25) is 14.3 Å². The highest BCUT2D eigenvalue weighted by Crippen LogP contribution is 2.30. The minimum Gasteiger partial charge on any atom is -0.350 e. The molecule has 198 valence electrons. The second-order valence-corrected chi connectivity index (χ2v) is 10.0. The van der Waals surface area contributed by atoms with Gasteiger partial charge in [-0.1, -0.05) is 24.3 Å². The monoisotopic (exact) mass is 522 g/mol. The molecule has 0 radical (unpaired) electrons. The Kier molecular flexibility index (Phi) is 6.86. The first-order valence-electron chi connectivity index (χ1n) is 12.7. The Balaban J connectivity index is 1.26. The number of hydrogen-bond acceptors (Lipinski definition) is 3. The van der Waals surface area contributed by atoms with Crippen LogP contribution in [0, 0.1) is 12.8 Å². The number of carbonyl (C=O) groups is 2. The maximum absolute atomic E-state index is 13.4. The quantitative estimate of drug-likeness (QED) is 0.310. The highest BCUT2D eigenvalue weighted by atomic mass is 19.4. The van der Waals surface area contributed by atoms with Crippen LogP contribution in [0.15, 0.2) is 60.4 Å². The van der Waals surface area contributed by atoms with Gasteiger partial charge in [-0.15, -0.1) is 0 Å². The summed E-state index contributed by atoms with van der Waals surface area (Å²) in [6.07, 6.45) is 4.63. The molecule has 1 amide bonds. The number of carbonyl (C=O) groups excluding carboxylic acids is 2. The van der Waals surface area contributed by atoms with E-state index in [0.717, 1.165) is 46.7 Å². The number of hydrogen-bond donors (Lipinski definition) is 1. The lowest BCUT2D eigenvalue weighted by Gasteiger charge is -2.14. The van der Waals surface area contributed by atoms with E-state index in [1.54, 1.807) is 13.0 Å². The molecule has 0 saturated heterocycles. The maximum Gasteiger partial charge on any atom is 0.405 e. The number of aromatic nitrogens is 3. The molecule has 1 aliphatic rings. The van der Waals surface area contributed by atoms with E-state index in [-0.39, 0.29) is 11.3 Å². The predicted molar refractivity (Wildman–Crippen MR) is 140 cm³/mol. The van der Waals surface area contributed by atoms with Gasteiger partial charge in [-0.25, -0.2) is 0 Å². The van der Waals surface area contributed by atoms with Crippen molar-refractivity contribution < 1.29 is 22.8 Å². The molecule has 1 aliphatic carbocycles. The first kappa shape index (κ1) is 25.8. The summed E-state index contributed by atoms with van der Waals surface area (Å²) in [5, 5.41) is 8.28. The second-order valence-electron chi connectivity index (χ2n) is 10.0. The number of aryl methyl sites for hydroxylation is 2. The summed E-state index contributed by atoms with van der Waals surface area (Å²) in [6.45, 7) is 1.01. The molecule has 0 fully saturated rings. The standard InChI is InChI=1S/C29H29F3N4O2/c1-18-21(28(38)33-17-29(30,31)32)12-13-25-23(18)16-36(34-25)14-19-6-5-7-20(11-10-19)27(37)24-15-35(2)26-9-4-3-8-22(24)26/h3-4,7-9,12-13,15-16,19H,5-6,10-11,14,17H2,1-2H3,(H,33,38). The Bertz CT molecular complexity index is 1560. The molecule has 2 heterocycles. The van der Waals surface area contributed by atoms with Gasteiger partial charge in [-0.05, 0) is 67.9 Å². The molecule has 0 aliphatic heterocycles. The van der Waals surface area contributed by atoms with Crippen LogP contribution in [-0.4, -0.2) is 38.8 Å². The molecular formula is C29H29F3N4O2. The molecule has 2 aromatic carbocycles. The summed E-state index contributed by atoms with van der Waals surface area (Å²) in [7, 11) is 1.95. The van der Waals surface area contributed by atoms with Crippen LogP contribution in [0.2, 0.25) is 0 Å². The van der Waals surface area contributed by atoms with Crippen molar-refractivity contribution in [3.63, 3.8) is 0 Å². The number of allylic oxidation sites excluding steroid dienone is 2. The number of amides is 1. The van der Waals surface area contributed by atoms with Crippen LogP contribution in [0.25, 0.3) is 21.8 Å². The number of para-hydroxylation sites is 1. The normalized spacial score (nSPS) is 16.4. The van der Waals surface area contributed by atoms with Crippen LogP contribution in [0.3, 0.4) is 0 Å². The summed E-state index contributed by atoms with van der Waals surface area (Å²) in [5.74, 6) is -0.361. The highest BCUT2D eigenvalue weighted by Gasteiger charge is 2.28. The Morgan fingerprint density at radius 3 is 2.63 bits per heavy atom. The predicted octanol–water partition coefficient (Wildman–Crippen LogP) is 6.13. The average Bonchev–Trinajstić information content (AvgIpc) is 3.35. The molecule has 1 atom stereocenters. The Hall–Kier alpha value is -3.88. The SMILES string of the molecule is Cc1c(C(=O)NCC(F)(F)F)ccc2nn(CC3CCC=C(C(=O)c4cn(C)c5ccccc45)CC3)cc12. The largest absolute Gasteiger partial charge is 0.405 e. The lowest BCUT2D eigenvalue weighted by Crippen LogP contribution is -2.34. The van der Waals surface area contributed by atoms with Crippen LogP contribution < -0.4 is 5.32 Å². The minimum absolute atomic E-state index is 0.0826. The van der Waals surface area contributed by atoms with E-state index in [1.807, 2.05) is 58.3 Å². The first-order chi connectivity index (χ1) is 18.1. The molecule has 38 heavy (non-hydrogen) atoms. The molecule has 0 spiro atoms. The van der Waals surface area contributed by atoms with E-state index in [2.05, 4.69) is 11.2 Å². The lowest BCUT2D eigenvalue weighted by atomic mass is 9.96. The van der Waals surface area contributed by atoms with Crippen LogP contribution in [0.4, 0.5) is 13.2 Å². The fourth-order valence-corrected chi connectivity index (χ4v) is 5.34. The number of benzene rings is 2. The fraction of sp³-hybridized carbons (Fsp3) is 0.345. The molecule has 2 aromatic heterocycles. The minimum atomic E-state index is -4.47. The molecule has 6 nitrogen and oxygen atoms in total. The second kappa shape index (κ2) is 10.1. The summed E-state index contributed by atoms with van der Waals surface area (Å²) in [5.41, 5.74) is 4.10. The fourth-order valence-electron chi connectivity index (χ4n) is 5.34. The van der Waals surface area contributed by atoms with E-state index in [0.29, 0.717) is 30.0 Å². The van der Waals surface area contributed by atoms with E-state index >= 15 is 0 Å². The van der Waals surface area contributed by atoms with Crippen molar-refractivity contribution in [2.75, 3.05) is 6.54 Å². The first-order valence-corrected chi connectivity index (χ1v) is 12.7. The molecule has 1 N–H and O–H groups in total. The average molecular weight is 523 g/mol. The zero-order chi connectivity index (χ0) is 27.0. The highest BCUT2D eigenvalue weighted by molar-refractivity contribution is 6.16. The van der Waals surface area contributed by atoms with Crippen molar-refractivity contribution in [3.05, 3.63) is 77.1 Å². The summed E-state index contributed by atoms with van der Waals surface area (Å²) in [4.78, 5) is 25.7. The number of nitrogens with one attached hydrogen (secondary N) is 1. The number of rotatable bonds is 6. The number of ketones is 1. The van der Waals surface area contributed by atoms with Crippen LogP contribution in [0.5, 0.6) is 0 Å². The number of alkyl halides is 3. The van der Waals surface area contributed by atoms with Crippen LogP contribution >= 0.6 is 0 Å². The van der Waals surface area contributed by atoms with Gasteiger partial charge < -0.3 is 9.88 Å². The van der Waals surface area contributed by atoms with Gasteiger partial charge in [-0.2, -0.15) is 18.3 Å². The van der Waals surface area contributed by atoms with Gasteiger partial charge in [0.05, 0.1) is 5.52 Å². The third-order valence-electron chi connectivity index (χ3n) is 7.37. The molecule has 9 heteroatoms. The third-order valence-corrected chi connectivity index (χ3v) is 7.37. The van der Waals surface area contributed by atoms with Crippen molar-refractivity contribution >= 4 is 33.5 Å². The van der Waals surface area contributed by atoms with Crippen molar-refractivity contribution in [2.24, 2.45) is 13.0 Å². The van der Waals surface area contributed by atoms with E-state index in [4.69, 9.17) is 0 Å². The number of fused-ring (bicyclic) bond motifs is 2. The van der Waals surface area contributed by atoms with Gasteiger partial charge in [0.2, 0.25) is 0 Å². The van der Waals surface area contributed by atoms with Gasteiger partial charge in [0.25, 0.3) is 5.91 Å². The number of nitrogens with zero attached hydrogens (tertiary/aromatic N) is 3. The summed E-state index contributed by atoms with van der Waals surface area (Å²) >= 11 is 0. The Labute approximate surface area is 218 Å². The van der Waals surface area contributed by atoms with Crippen LogP contribution in [-0.2, 0) is 13.6 Å². The van der Waals surface area contributed by atoms with E-state index < -0.39 is 18.6 Å². The van der Waals surface area contributed by atoms with Gasteiger partial charge in [0.15, 0.2) is 5.78 Å². The maximum atomic E-state index is 13.4. The topological polar surface area (TPSA) is 68.9 Å². The van der Waals surface area contributed by atoms with Crippen molar-refractivity contribution in [1.29, 1.82) is 0 Å². The summed E-state index contributed by atoms with van der Waals surface area (Å²) in [6, 6.07) is 11.1. The van der Waals surface area contributed by atoms with Crippen molar-refractivity contribution in [2.45, 2.75) is 45.3 Å². The Morgan fingerprint density at radius 1 is 1.05 bits per heavy atom. The van der Waals surface area contributed by atoms with Crippen molar-refractivity contribution in [3.8, 4) is 0 Å². The Morgan fingerprint density at radius 2 is 1.84 bits per heavy atom. The van der Waals surface area contributed by atoms with Gasteiger partial charge in [0.1, 0.15) is 6.54 Å². The molecule has 5 rings (SSSR count). The lowest BCUT2D eigenvalue weighted by molar-refractivity contribution is -0.123. The van der Waals surface area contributed by atoms with Gasteiger partial charge >= 0.3 is 6.18 Å². The molecule has 4 aromatic rings. The molecule has 0 saturated carbocycles. The van der Waals surface area contributed by atoms with Gasteiger partial charge in [0, 0.05) is 53.4 Å². The van der Waals surface area contributed by atoms with Crippen molar-refractivity contribution in [1.82, 2.24) is 19.7 Å². The van der Waals surface area contributed by atoms with E-state index in [1.165, 1.54) is 6.07 Å². The zero-order valence-corrected chi connectivity index (χ0v) is 21.3. The molecular weight excluding hydrogens is 493 g/mol. The summed E-state index contributed by atoms with van der Waals surface area (Å²) < 4.78 is 41.3. The van der Waals surface area contributed by atoms with E-state index in [9.17, 15) is 22.8 Å². The molecule has 1 unspecified atom stereocenters. The zero-order valence-electron chi connectivity index (χ0n) is 21.3. The third kappa shape index (κ3) is 5.23. The number of Topliss-reactive ketones (excluding diaryl/α,β-unsaturated/α-hetero) is 1. The number of halogens is 3. The smallest absolute Gasteiger partial charge is 0.350 e. The molecule has 0 bridgehead atoms. The van der Waals surface area contributed by atoms with Crippen LogP contribution in [0.1, 0.15) is 52.0 Å².